The molecule has 0 fully saturated rings. The van der Waals surface area contributed by atoms with Gasteiger partial charge in [0.1, 0.15) is 0 Å². The molecule has 0 heterocycles. The molecule has 2 nitrogen and oxygen atoms in total. The van der Waals surface area contributed by atoms with Crippen LogP contribution in [-0.2, 0) is 4.79 Å². The van der Waals surface area contributed by atoms with Crippen molar-refractivity contribution in [2.75, 3.05) is 0 Å². The zero-order valence-corrected chi connectivity index (χ0v) is 9.53. The van der Waals surface area contributed by atoms with E-state index in [2.05, 4.69) is 11.6 Å². The molecule has 2 heteroatoms. The quantitative estimate of drug-likeness (QED) is 0.383. The lowest BCUT2D eigenvalue weighted by atomic mass is 10.1. The molecule has 0 atom stereocenters. The first kappa shape index (κ1) is 13.3. The van der Waals surface area contributed by atoms with Crippen molar-refractivity contribution in [3.63, 3.8) is 0 Å². The van der Waals surface area contributed by atoms with Crippen molar-refractivity contribution < 1.29 is 4.79 Å². The van der Waals surface area contributed by atoms with Gasteiger partial charge in [0, 0.05) is 17.5 Å². The average Bonchev–Trinajstić information content (AvgIpc) is 2.20. The highest BCUT2D eigenvalue weighted by molar-refractivity contribution is 6.04. The molecule has 0 aliphatic carbocycles. The summed E-state index contributed by atoms with van der Waals surface area (Å²) >= 11 is 0. The van der Waals surface area contributed by atoms with Crippen LogP contribution in [0.15, 0.2) is 53.7 Å². The van der Waals surface area contributed by atoms with Gasteiger partial charge in [-0.25, -0.2) is 0 Å². The Morgan fingerprint density at radius 1 is 1.33 bits per heavy atom. The molecule has 80 valence electrons. The molecule has 0 N–H and O–H groups in total. The first-order valence-corrected chi connectivity index (χ1v) is 4.79. The number of nitrogens with zero attached hydrogens (tertiary/aromatic N) is 1. The van der Waals surface area contributed by atoms with Crippen molar-refractivity contribution in [1.82, 2.24) is 0 Å². The predicted octanol–water partition coefficient (Wildman–Crippen LogP) is 3.24. The molecule has 0 aromatic rings. The largest absolute Gasteiger partial charge is 0.295 e. The molecule has 0 radical (unpaired) electrons. The van der Waals surface area contributed by atoms with Crippen molar-refractivity contribution in [3.8, 4) is 0 Å². The lowest BCUT2D eigenvalue weighted by Gasteiger charge is -1.95. The molecule has 15 heavy (non-hydrogen) atoms. The monoisotopic (exact) mass is 203 g/mol. The van der Waals surface area contributed by atoms with Gasteiger partial charge in [-0.1, -0.05) is 30.9 Å². The molecule has 0 aromatic carbocycles. The van der Waals surface area contributed by atoms with E-state index in [1.807, 2.05) is 19.9 Å². The molecule has 0 aliphatic rings. The minimum Gasteiger partial charge on any atom is -0.295 e. The number of allylic oxidation sites excluding steroid dienone is 6. The summed E-state index contributed by atoms with van der Waals surface area (Å²) in [7, 11) is 0. The highest BCUT2D eigenvalue weighted by Gasteiger charge is 1.98. The summed E-state index contributed by atoms with van der Waals surface area (Å²) < 4.78 is 0. The van der Waals surface area contributed by atoms with E-state index >= 15 is 0 Å². The minimum absolute atomic E-state index is 0.0168. The molecule has 0 saturated heterocycles. The van der Waals surface area contributed by atoms with Gasteiger partial charge in [0.25, 0.3) is 0 Å². The molecule has 0 amide bonds. The van der Waals surface area contributed by atoms with Gasteiger partial charge in [-0.2, -0.15) is 0 Å². The summed E-state index contributed by atoms with van der Waals surface area (Å²) in [4.78, 5) is 15.4. The second kappa shape index (κ2) is 7.68. The Labute approximate surface area is 91.4 Å². The molecular weight excluding hydrogens is 186 g/mol. The van der Waals surface area contributed by atoms with E-state index in [-0.39, 0.29) is 5.78 Å². The van der Waals surface area contributed by atoms with Crippen molar-refractivity contribution in [1.29, 1.82) is 0 Å². The van der Waals surface area contributed by atoms with E-state index in [1.165, 1.54) is 6.92 Å². The van der Waals surface area contributed by atoms with Crippen molar-refractivity contribution in [2.24, 2.45) is 4.99 Å². The van der Waals surface area contributed by atoms with Crippen molar-refractivity contribution in [2.45, 2.75) is 20.8 Å². The van der Waals surface area contributed by atoms with Crippen LogP contribution in [0.25, 0.3) is 0 Å². The number of hydrogen-bond acceptors (Lipinski definition) is 2. The Morgan fingerprint density at radius 2 is 2.00 bits per heavy atom. The average molecular weight is 203 g/mol. The number of rotatable bonds is 5. The molecule has 0 rings (SSSR count). The van der Waals surface area contributed by atoms with E-state index < -0.39 is 0 Å². The van der Waals surface area contributed by atoms with Gasteiger partial charge in [0.15, 0.2) is 5.78 Å². The first-order chi connectivity index (χ1) is 7.11. The summed E-state index contributed by atoms with van der Waals surface area (Å²) in [6.07, 6.45) is 10.4. The summed E-state index contributed by atoms with van der Waals surface area (Å²) in [5.41, 5.74) is 1.42. The molecule has 0 unspecified atom stereocenters. The number of ketones is 1. The van der Waals surface area contributed by atoms with Crippen molar-refractivity contribution >= 4 is 11.5 Å². The van der Waals surface area contributed by atoms with Crippen LogP contribution in [0.3, 0.4) is 0 Å². The maximum atomic E-state index is 11.2. The number of aliphatic imine (C=N–C) groups is 1. The van der Waals surface area contributed by atoms with Crippen LogP contribution in [0.2, 0.25) is 0 Å². The highest BCUT2D eigenvalue weighted by atomic mass is 16.1. The van der Waals surface area contributed by atoms with E-state index in [9.17, 15) is 4.79 Å². The van der Waals surface area contributed by atoms with Gasteiger partial charge in [-0.3, -0.25) is 9.79 Å². The van der Waals surface area contributed by atoms with Crippen LogP contribution in [0.5, 0.6) is 0 Å². The maximum absolute atomic E-state index is 11.2. The fourth-order valence-corrected chi connectivity index (χ4v) is 0.893. The molecule has 0 saturated carbocycles. The lowest BCUT2D eigenvalue weighted by molar-refractivity contribution is -0.113. The fraction of sp³-hybridized carbons (Fsp3) is 0.231. The predicted molar refractivity (Wildman–Crippen MR) is 66.0 cm³/mol. The van der Waals surface area contributed by atoms with E-state index in [1.54, 1.807) is 30.5 Å². The second-order valence-electron chi connectivity index (χ2n) is 3.00. The molecule has 0 spiro atoms. The van der Waals surface area contributed by atoms with E-state index in [0.29, 0.717) is 5.57 Å². The third-order valence-electron chi connectivity index (χ3n) is 1.61. The molecular formula is C13H17NO. The molecule has 0 aromatic heterocycles. The Kier molecular flexibility index (Phi) is 6.81. The summed E-state index contributed by atoms with van der Waals surface area (Å²) in [6.45, 7) is 8.83. The standard InChI is InChI=1S/C13H17NO/c1-5-7-8-13(12(4)15)10-11(3)14-9-6-2/h5-10H,1H2,2-4H3/b8-7-,9-6-,13-10+,14-11+. The summed E-state index contributed by atoms with van der Waals surface area (Å²) in [5.74, 6) is 0.0168. The Balaban J connectivity index is 4.90. The van der Waals surface area contributed by atoms with Gasteiger partial charge in [-0.15, -0.1) is 0 Å². The third-order valence-corrected chi connectivity index (χ3v) is 1.61. The van der Waals surface area contributed by atoms with Crippen LogP contribution >= 0.6 is 0 Å². The normalized spacial score (nSPS) is 13.8. The second-order valence-corrected chi connectivity index (χ2v) is 3.00. The van der Waals surface area contributed by atoms with Gasteiger partial charge in [0.2, 0.25) is 0 Å². The zero-order chi connectivity index (χ0) is 11.7. The maximum Gasteiger partial charge on any atom is 0.159 e. The number of hydrogen-bond donors (Lipinski definition) is 0. The van der Waals surface area contributed by atoms with Gasteiger partial charge < -0.3 is 0 Å². The molecule has 0 bridgehead atoms. The van der Waals surface area contributed by atoms with E-state index in [0.717, 1.165) is 5.71 Å². The van der Waals surface area contributed by atoms with Crippen LogP contribution in [0.1, 0.15) is 20.8 Å². The smallest absolute Gasteiger partial charge is 0.159 e. The summed E-state index contributed by atoms with van der Waals surface area (Å²) in [6, 6.07) is 0. The summed E-state index contributed by atoms with van der Waals surface area (Å²) in [5, 5.41) is 0. The number of Topliss-reactive ketones (excluding diaryl/α,β-unsaturated/α-hetero) is 1. The van der Waals surface area contributed by atoms with Crippen LogP contribution < -0.4 is 0 Å². The Bertz CT molecular complexity index is 344. The fourth-order valence-electron chi connectivity index (χ4n) is 0.893. The SMILES string of the molecule is C=C\C=C/C(=C\C(C)=N\C=C/C)C(C)=O. The van der Waals surface area contributed by atoms with Gasteiger partial charge in [0.05, 0.1) is 0 Å². The van der Waals surface area contributed by atoms with Crippen LogP contribution in [0, 0.1) is 0 Å². The topological polar surface area (TPSA) is 29.4 Å². The molecule has 0 aliphatic heterocycles. The Hall–Kier alpha value is -1.70. The van der Waals surface area contributed by atoms with Gasteiger partial charge >= 0.3 is 0 Å². The van der Waals surface area contributed by atoms with Gasteiger partial charge in [-0.05, 0) is 26.8 Å². The zero-order valence-electron chi connectivity index (χ0n) is 9.53. The van der Waals surface area contributed by atoms with E-state index in [4.69, 9.17) is 0 Å². The number of carbonyl (C=O) groups is 1. The van der Waals surface area contributed by atoms with Crippen LogP contribution in [0.4, 0.5) is 0 Å². The number of carbonyl (C=O) groups excluding carboxylic acids is 1. The highest BCUT2D eigenvalue weighted by Crippen LogP contribution is 2.00. The third kappa shape index (κ3) is 6.38. The first-order valence-electron chi connectivity index (χ1n) is 4.79. The van der Waals surface area contributed by atoms with Crippen LogP contribution in [-0.4, -0.2) is 11.5 Å². The van der Waals surface area contributed by atoms with Crippen molar-refractivity contribution in [3.05, 3.63) is 48.7 Å². The minimum atomic E-state index is 0.0168. The Morgan fingerprint density at radius 3 is 2.47 bits per heavy atom. The lowest BCUT2D eigenvalue weighted by Crippen LogP contribution is -1.96.